The van der Waals surface area contributed by atoms with Gasteiger partial charge in [0, 0.05) is 30.8 Å². The highest BCUT2D eigenvalue weighted by Crippen LogP contribution is 2.28. The maximum absolute atomic E-state index is 12.0. The molecule has 1 aromatic rings. The Kier molecular flexibility index (Phi) is 3.48. The molecule has 18 heavy (non-hydrogen) atoms. The number of anilines is 1. The van der Waals surface area contributed by atoms with Crippen LogP contribution in [-0.2, 0) is 11.2 Å². The first kappa shape index (κ1) is 12.8. The first-order valence-electron chi connectivity index (χ1n) is 6.17. The average Bonchev–Trinajstić information content (AvgIpc) is 2.61. The van der Waals surface area contributed by atoms with Gasteiger partial charge in [0.15, 0.2) is 5.78 Å². The van der Waals surface area contributed by atoms with Crippen molar-refractivity contribution >= 4 is 17.4 Å². The van der Waals surface area contributed by atoms with Crippen molar-refractivity contribution in [2.45, 2.75) is 32.2 Å². The van der Waals surface area contributed by atoms with Crippen molar-refractivity contribution in [1.82, 2.24) is 0 Å². The lowest BCUT2D eigenvalue weighted by Gasteiger charge is -2.10. The molecule has 0 aliphatic carbocycles. The molecule has 1 unspecified atom stereocenters. The van der Waals surface area contributed by atoms with E-state index in [1.165, 1.54) is 0 Å². The molecule has 1 aromatic carbocycles. The highest BCUT2D eigenvalue weighted by atomic mass is 16.2. The van der Waals surface area contributed by atoms with Gasteiger partial charge in [-0.05, 0) is 37.1 Å². The van der Waals surface area contributed by atoms with Crippen molar-refractivity contribution in [3.05, 3.63) is 29.3 Å². The molecule has 0 fully saturated rings. The van der Waals surface area contributed by atoms with Gasteiger partial charge in [-0.15, -0.1) is 0 Å². The molecule has 1 aliphatic heterocycles. The number of hydrogen-bond donors (Lipinski definition) is 1. The fourth-order valence-corrected chi connectivity index (χ4v) is 2.15. The van der Waals surface area contributed by atoms with Crippen molar-refractivity contribution in [3.63, 3.8) is 0 Å². The monoisotopic (exact) mass is 246 g/mol. The van der Waals surface area contributed by atoms with Gasteiger partial charge in [0.2, 0.25) is 5.91 Å². The molecule has 0 saturated carbocycles. The van der Waals surface area contributed by atoms with Gasteiger partial charge in [0.25, 0.3) is 0 Å². The number of fused-ring (bicyclic) bond motifs is 1. The van der Waals surface area contributed by atoms with Crippen LogP contribution in [0.25, 0.3) is 0 Å². The molecule has 2 N–H and O–H groups in total. The third-order valence-electron chi connectivity index (χ3n) is 3.31. The number of benzene rings is 1. The van der Waals surface area contributed by atoms with Crippen LogP contribution < -0.4 is 10.6 Å². The van der Waals surface area contributed by atoms with Gasteiger partial charge in [0.1, 0.15) is 0 Å². The van der Waals surface area contributed by atoms with Crippen molar-refractivity contribution < 1.29 is 9.59 Å². The number of amides is 1. The van der Waals surface area contributed by atoms with Crippen LogP contribution in [0.1, 0.15) is 35.7 Å². The number of hydrogen-bond acceptors (Lipinski definition) is 3. The van der Waals surface area contributed by atoms with Gasteiger partial charge >= 0.3 is 0 Å². The van der Waals surface area contributed by atoms with E-state index in [4.69, 9.17) is 5.73 Å². The zero-order chi connectivity index (χ0) is 13.3. The van der Waals surface area contributed by atoms with E-state index in [1.54, 1.807) is 18.0 Å². The maximum atomic E-state index is 12.0. The Morgan fingerprint density at radius 3 is 2.89 bits per heavy atom. The predicted octanol–water partition coefficient (Wildman–Crippen LogP) is 1.52. The quantitative estimate of drug-likeness (QED) is 0.819. The third-order valence-corrected chi connectivity index (χ3v) is 3.31. The van der Waals surface area contributed by atoms with Crippen LogP contribution in [0.15, 0.2) is 18.2 Å². The molecule has 1 aliphatic rings. The third kappa shape index (κ3) is 2.43. The van der Waals surface area contributed by atoms with Crippen LogP contribution in [0.5, 0.6) is 0 Å². The summed E-state index contributed by atoms with van der Waals surface area (Å²) in [5.41, 5.74) is 8.17. The van der Waals surface area contributed by atoms with Crippen LogP contribution in [-0.4, -0.2) is 24.8 Å². The number of nitrogens with two attached hydrogens (primary N) is 1. The summed E-state index contributed by atoms with van der Waals surface area (Å²) in [5.74, 6) is 0.169. The summed E-state index contributed by atoms with van der Waals surface area (Å²) in [6.07, 6.45) is 1.54. The number of Topliss-reactive ketones (excluding diaryl/α,β-unsaturated/α-hetero) is 1. The molecule has 1 atom stereocenters. The topological polar surface area (TPSA) is 63.4 Å². The minimum absolute atomic E-state index is 0.0380. The van der Waals surface area contributed by atoms with Crippen molar-refractivity contribution in [2.75, 3.05) is 11.9 Å². The molecular formula is C14H18N2O2. The van der Waals surface area contributed by atoms with E-state index in [0.29, 0.717) is 24.8 Å². The second kappa shape index (κ2) is 4.90. The molecule has 0 aromatic heterocycles. The van der Waals surface area contributed by atoms with E-state index in [2.05, 4.69) is 0 Å². The SMILES string of the molecule is CC(N)CCC(=O)c1ccc2c(c1)CC(=O)N2C. The molecule has 0 spiro atoms. The number of carbonyl (C=O) groups is 2. The fraction of sp³-hybridized carbons (Fsp3) is 0.429. The first-order chi connectivity index (χ1) is 8.49. The highest BCUT2D eigenvalue weighted by Gasteiger charge is 2.24. The van der Waals surface area contributed by atoms with Crippen LogP contribution in [0.2, 0.25) is 0 Å². The van der Waals surface area contributed by atoms with Gasteiger partial charge in [0.05, 0.1) is 6.42 Å². The summed E-state index contributed by atoms with van der Waals surface area (Å²) in [7, 11) is 1.76. The summed E-state index contributed by atoms with van der Waals surface area (Å²) in [5, 5.41) is 0. The zero-order valence-corrected chi connectivity index (χ0v) is 10.8. The average molecular weight is 246 g/mol. The molecule has 0 bridgehead atoms. The van der Waals surface area contributed by atoms with Crippen molar-refractivity contribution in [1.29, 1.82) is 0 Å². The van der Waals surface area contributed by atoms with Crippen LogP contribution in [0.3, 0.4) is 0 Å². The lowest BCUT2D eigenvalue weighted by molar-refractivity contribution is -0.117. The second-order valence-corrected chi connectivity index (χ2v) is 4.91. The Morgan fingerprint density at radius 1 is 1.50 bits per heavy atom. The van der Waals surface area contributed by atoms with Gasteiger partial charge < -0.3 is 10.6 Å². The summed E-state index contributed by atoms with van der Waals surface area (Å²) in [4.78, 5) is 25.1. The molecule has 1 heterocycles. The number of ketones is 1. The summed E-state index contributed by atoms with van der Waals surface area (Å²) in [6.45, 7) is 1.89. The molecule has 0 saturated heterocycles. The second-order valence-electron chi connectivity index (χ2n) is 4.91. The lowest BCUT2D eigenvalue weighted by Crippen LogP contribution is -2.20. The van der Waals surface area contributed by atoms with Crippen molar-refractivity contribution in [2.24, 2.45) is 5.73 Å². The minimum Gasteiger partial charge on any atom is -0.328 e. The number of rotatable bonds is 4. The Bertz CT molecular complexity index is 495. The molecule has 96 valence electrons. The highest BCUT2D eigenvalue weighted by molar-refractivity contribution is 6.03. The Balaban J connectivity index is 2.15. The molecule has 4 nitrogen and oxygen atoms in total. The van der Waals surface area contributed by atoms with Gasteiger partial charge in [-0.1, -0.05) is 0 Å². The maximum Gasteiger partial charge on any atom is 0.231 e. The number of carbonyl (C=O) groups excluding carboxylic acids is 2. The Morgan fingerprint density at radius 2 is 2.22 bits per heavy atom. The zero-order valence-electron chi connectivity index (χ0n) is 10.8. The van der Waals surface area contributed by atoms with Crippen LogP contribution in [0.4, 0.5) is 5.69 Å². The summed E-state index contributed by atoms with van der Waals surface area (Å²) in [6, 6.07) is 5.51. The lowest BCUT2D eigenvalue weighted by atomic mass is 10.0. The molecule has 2 rings (SSSR count). The van der Waals surface area contributed by atoms with E-state index >= 15 is 0 Å². The van der Waals surface area contributed by atoms with E-state index in [0.717, 1.165) is 11.3 Å². The van der Waals surface area contributed by atoms with Gasteiger partial charge in [-0.25, -0.2) is 0 Å². The fourth-order valence-electron chi connectivity index (χ4n) is 2.15. The normalized spacial score (nSPS) is 15.7. The summed E-state index contributed by atoms with van der Waals surface area (Å²) < 4.78 is 0. The van der Waals surface area contributed by atoms with E-state index in [1.807, 2.05) is 19.1 Å². The number of nitrogens with zero attached hydrogens (tertiary/aromatic N) is 1. The molecule has 1 amide bonds. The largest absolute Gasteiger partial charge is 0.328 e. The Hall–Kier alpha value is -1.68. The summed E-state index contributed by atoms with van der Waals surface area (Å²) >= 11 is 0. The smallest absolute Gasteiger partial charge is 0.231 e. The first-order valence-corrected chi connectivity index (χ1v) is 6.17. The Labute approximate surface area is 107 Å². The van der Waals surface area contributed by atoms with E-state index in [9.17, 15) is 9.59 Å². The van der Waals surface area contributed by atoms with E-state index < -0.39 is 0 Å². The van der Waals surface area contributed by atoms with Gasteiger partial charge in [-0.2, -0.15) is 0 Å². The molecular weight excluding hydrogens is 228 g/mol. The van der Waals surface area contributed by atoms with Crippen LogP contribution >= 0.6 is 0 Å². The van der Waals surface area contributed by atoms with Gasteiger partial charge in [-0.3, -0.25) is 9.59 Å². The minimum atomic E-state index is 0.0380. The van der Waals surface area contributed by atoms with Crippen LogP contribution in [0, 0.1) is 0 Å². The van der Waals surface area contributed by atoms with Crippen molar-refractivity contribution in [3.8, 4) is 0 Å². The standard InChI is InChI=1S/C14H18N2O2/c1-9(15)3-6-13(17)10-4-5-12-11(7-10)8-14(18)16(12)2/h4-5,7,9H,3,6,8,15H2,1-2H3. The molecule has 4 heteroatoms. The molecule has 0 radical (unpaired) electrons. The van der Waals surface area contributed by atoms with E-state index in [-0.39, 0.29) is 17.7 Å². The number of likely N-dealkylation sites (N-methyl/N-ethyl adjacent to an activating group) is 1. The predicted molar refractivity (Wildman–Crippen MR) is 70.8 cm³/mol.